The van der Waals surface area contributed by atoms with Crippen LogP contribution in [0.3, 0.4) is 0 Å². The molecule has 0 aliphatic carbocycles. The smallest absolute Gasteiger partial charge is 0.475 e. The van der Waals surface area contributed by atoms with Gasteiger partial charge in [0.15, 0.2) is 0 Å². The van der Waals surface area contributed by atoms with E-state index in [9.17, 15) is 22.8 Å². The van der Waals surface area contributed by atoms with Crippen molar-refractivity contribution in [3.8, 4) is 0 Å². The summed E-state index contributed by atoms with van der Waals surface area (Å²) >= 11 is 0. The van der Waals surface area contributed by atoms with E-state index in [1.165, 1.54) is 0 Å². The van der Waals surface area contributed by atoms with Crippen LogP contribution in [0.15, 0.2) is 53.8 Å². The summed E-state index contributed by atoms with van der Waals surface area (Å²) in [6.07, 6.45) is 0.730. The average Bonchev–Trinajstić information content (AvgIpc) is 3.48. The highest BCUT2D eigenvalue weighted by Crippen LogP contribution is 2.31. The maximum absolute atomic E-state index is 13.0. The van der Waals surface area contributed by atoms with Crippen molar-refractivity contribution in [1.29, 1.82) is 0 Å². The Bertz CT molecular complexity index is 1040. The lowest BCUT2D eigenvalue weighted by Gasteiger charge is -2.33. The van der Waals surface area contributed by atoms with Gasteiger partial charge in [0.1, 0.15) is 5.69 Å². The van der Waals surface area contributed by atoms with Crippen LogP contribution in [0, 0.1) is 5.92 Å². The number of carboxylic acid groups (broad SMARTS) is 1. The normalized spacial score (nSPS) is 18.4. The Morgan fingerprint density at radius 3 is 2.18 bits per heavy atom. The van der Waals surface area contributed by atoms with Gasteiger partial charge in [-0.2, -0.15) is 18.3 Å². The van der Waals surface area contributed by atoms with Crippen molar-refractivity contribution in [2.24, 2.45) is 18.1 Å². The zero-order valence-electron chi connectivity index (χ0n) is 18.5. The topological polar surface area (TPSA) is 95.2 Å². The second-order valence-electron chi connectivity index (χ2n) is 8.02. The number of carboxylic acids is 1. The lowest BCUT2D eigenvalue weighted by molar-refractivity contribution is -0.192. The van der Waals surface area contributed by atoms with E-state index in [-0.39, 0.29) is 23.8 Å². The van der Waals surface area contributed by atoms with E-state index in [1.54, 1.807) is 5.01 Å². The third kappa shape index (κ3) is 5.83. The summed E-state index contributed by atoms with van der Waals surface area (Å²) in [5.41, 5.74) is 1.80. The zero-order valence-corrected chi connectivity index (χ0v) is 18.5. The number of rotatable bonds is 3. The number of aryl methyl sites for hydroxylation is 1. The molecule has 1 aromatic heterocycles. The monoisotopic (exact) mass is 478 g/mol. The number of piperidine rings is 1. The fourth-order valence-electron chi connectivity index (χ4n) is 3.94. The summed E-state index contributed by atoms with van der Waals surface area (Å²) in [5, 5.41) is 13.1. The minimum absolute atomic E-state index is 0.0123. The Morgan fingerprint density at radius 1 is 1.03 bits per heavy atom. The molecule has 0 saturated carbocycles. The summed E-state index contributed by atoms with van der Waals surface area (Å²) in [5.74, 6) is -2.73. The summed E-state index contributed by atoms with van der Waals surface area (Å²) in [6, 6.07) is 13.7. The number of aromatic nitrogens is 1. The Balaban J connectivity index is 0.000000406. The van der Waals surface area contributed by atoms with Crippen LogP contribution in [0.2, 0.25) is 0 Å². The lowest BCUT2D eigenvalue weighted by atomic mass is 9.94. The molecular weight excluding hydrogens is 453 g/mol. The average molecular weight is 478 g/mol. The predicted molar refractivity (Wildman–Crippen MR) is 117 cm³/mol. The molecule has 0 bridgehead atoms. The molecule has 1 atom stereocenters. The Kier molecular flexibility index (Phi) is 7.75. The largest absolute Gasteiger partial charge is 0.490 e. The number of halogens is 3. The Morgan fingerprint density at radius 2 is 1.65 bits per heavy atom. The Hall–Kier alpha value is -3.63. The third-order valence-corrected chi connectivity index (χ3v) is 5.78. The predicted octanol–water partition coefficient (Wildman–Crippen LogP) is 3.47. The second kappa shape index (κ2) is 10.5. The molecule has 2 aliphatic rings. The molecule has 2 aliphatic heterocycles. The molecular formula is C23H25F3N4O4. The summed E-state index contributed by atoms with van der Waals surface area (Å²) in [4.78, 5) is 36.4. The maximum atomic E-state index is 13.0. The molecule has 1 unspecified atom stereocenters. The maximum Gasteiger partial charge on any atom is 0.490 e. The van der Waals surface area contributed by atoms with E-state index in [1.807, 2.05) is 71.4 Å². The SMILES string of the molecule is Cn1cccc1C(=O)N1CCC(C(=O)N2N=CCC2c2ccccc2)CC1.O=C(O)C(F)(F)F. The number of benzene rings is 1. The van der Waals surface area contributed by atoms with Crippen LogP contribution >= 0.6 is 0 Å². The molecule has 4 rings (SSSR count). The molecule has 1 aromatic carbocycles. The number of hydrazone groups is 1. The lowest BCUT2D eigenvalue weighted by Crippen LogP contribution is -2.43. The third-order valence-electron chi connectivity index (χ3n) is 5.78. The second-order valence-corrected chi connectivity index (χ2v) is 8.02. The van der Waals surface area contributed by atoms with E-state index >= 15 is 0 Å². The van der Waals surface area contributed by atoms with Gasteiger partial charge in [-0.25, -0.2) is 9.80 Å². The van der Waals surface area contributed by atoms with Gasteiger partial charge in [0.25, 0.3) is 5.91 Å². The fourth-order valence-corrected chi connectivity index (χ4v) is 3.94. The van der Waals surface area contributed by atoms with Gasteiger partial charge < -0.3 is 14.6 Å². The highest BCUT2D eigenvalue weighted by molar-refractivity contribution is 5.93. The number of aliphatic carboxylic acids is 1. The van der Waals surface area contributed by atoms with E-state index < -0.39 is 12.1 Å². The van der Waals surface area contributed by atoms with Crippen molar-refractivity contribution in [3.05, 3.63) is 59.9 Å². The van der Waals surface area contributed by atoms with E-state index in [2.05, 4.69) is 5.10 Å². The van der Waals surface area contributed by atoms with Gasteiger partial charge >= 0.3 is 12.1 Å². The standard InChI is InChI=1S/C21H24N4O2.C2HF3O2/c1-23-13-5-8-19(23)21(27)24-14-10-17(11-15-24)20(26)25-18(9-12-22-25)16-6-3-2-4-7-16;3-2(4,5)1(6)7/h2-8,12-13,17-18H,9-11,14-15H2,1H3;(H,6,7). The van der Waals surface area contributed by atoms with Crippen molar-refractivity contribution in [1.82, 2.24) is 14.5 Å². The highest BCUT2D eigenvalue weighted by atomic mass is 19.4. The fraction of sp³-hybridized carbons (Fsp3) is 0.391. The molecule has 1 N–H and O–H groups in total. The number of amides is 2. The van der Waals surface area contributed by atoms with Crippen LogP contribution in [-0.2, 0) is 16.6 Å². The van der Waals surface area contributed by atoms with Crippen LogP contribution < -0.4 is 0 Å². The molecule has 8 nitrogen and oxygen atoms in total. The van der Waals surface area contributed by atoms with Gasteiger partial charge in [0.2, 0.25) is 5.91 Å². The van der Waals surface area contributed by atoms with Gasteiger partial charge in [-0.1, -0.05) is 30.3 Å². The number of nitrogens with zero attached hydrogens (tertiary/aromatic N) is 4. The molecule has 2 aromatic rings. The number of hydrogen-bond acceptors (Lipinski definition) is 4. The van der Waals surface area contributed by atoms with Crippen LogP contribution in [0.1, 0.15) is 41.4 Å². The van der Waals surface area contributed by atoms with E-state index in [4.69, 9.17) is 9.90 Å². The van der Waals surface area contributed by atoms with Gasteiger partial charge in [0, 0.05) is 44.9 Å². The minimum atomic E-state index is -5.08. The molecule has 11 heteroatoms. The first-order chi connectivity index (χ1) is 16.1. The van der Waals surface area contributed by atoms with Gasteiger partial charge in [0.05, 0.1) is 6.04 Å². The molecule has 34 heavy (non-hydrogen) atoms. The van der Waals surface area contributed by atoms with Crippen molar-refractivity contribution in [2.75, 3.05) is 13.1 Å². The number of hydrogen-bond donors (Lipinski definition) is 1. The van der Waals surface area contributed by atoms with Crippen molar-refractivity contribution < 1.29 is 32.7 Å². The van der Waals surface area contributed by atoms with Crippen LogP contribution in [0.4, 0.5) is 13.2 Å². The van der Waals surface area contributed by atoms with Crippen molar-refractivity contribution >= 4 is 24.0 Å². The number of carbonyl (C=O) groups is 3. The number of likely N-dealkylation sites (tertiary alicyclic amines) is 1. The van der Waals surface area contributed by atoms with E-state index in [0.717, 1.165) is 12.0 Å². The molecule has 1 saturated heterocycles. The number of carbonyl (C=O) groups excluding carboxylic acids is 2. The first-order valence-corrected chi connectivity index (χ1v) is 10.7. The van der Waals surface area contributed by atoms with Crippen LogP contribution in [-0.4, -0.2) is 62.8 Å². The van der Waals surface area contributed by atoms with Crippen LogP contribution in [0.25, 0.3) is 0 Å². The van der Waals surface area contributed by atoms with Gasteiger partial charge in [-0.15, -0.1) is 0 Å². The first-order valence-electron chi connectivity index (χ1n) is 10.7. The number of alkyl halides is 3. The van der Waals surface area contributed by atoms with Gasteiger partial charge in [-0.05, 0) is 30.5 Å². The minimum Gasteiger partial charge on any atom is -0.475 e. The quantitative estimate of drug-likeness (QED) is 0.731. The van der Waals surface area contributed by atoms with Crippen LogP contribution in [0.5, 0.6) is 0 Å². The molecule has 2 amide bonds. The summed E-state index contributed by atoms with van der Waals surface area (Å²) < 4.78 is 33.6. The molecule has 0 radical (unpaired) electrons. The van der Waals surface area contributed by atoms with E-state index in [0.29, 0.717) is 31.6 Å². The highest BCUT2D eigenvalue weighted by Gasteiger charge is 2.38. The van der Waals surface area contributed by atoms with Crippen molar-refractivity contribution in [2.45, 2.75) is 31.5 Å². The summed E-state index contributed by atoms with van der Waals surface area (Å²) in [7, 11) is 1.87. The van der Waals surface area contributed by atoms with Crippen molar-refractivity contribution in [3.63, 3.8) is 0 Å². The summed E-state index contributed by atoms with van der Waals surface area (Å²) in [6.45, 7) is 1.21. The first kappa shape index (κ1) is 25.0. The van der Waals surface area contributed by atoms with Gasteiger partial charge in [-0.3, -0.25) is 9.59 Å². The molecule has 182 valence electrons. The Labute approximate surface area is 194 Å². The zero-order chi connectivity index (χ0) is 24.9. The molecule has 1 fully saturated rings. The molecule has 0 spiro atoms. The molecule has 3 heterocycles.